The Morgan fingerprint density at radius 2 is 2.03 bits per heavy atom. The zero-order valence-corrected chi connectivity index (χ0v) is 17.7. The fourth-order valence-electron chi connectivity index (χ4n) is 4.31. The highest BCUT2D eigenvalue weighted by Crippen LogP contribution is 2.42. The Balaban J connectivity index is 1.59. The van der Waals surface area contributed by atoms with E-state index in [1.807, 2.05) is 49.4 Å². The summed E-state index contributed by atoms with van der Waals surface area (Å²) in [7, 11) is 0. The summed E-state index contributed by atoms with van der Waals surface area (Å²) in [6.07, 6.45) is 3.60. The molecule has 31 heavy (non-hydrogen) atoms. The Labute approximate surface area is 184 Å². The van der Waals surface area contributed by atoms with Crippen molar-refractivity contribution in [3.8, 4) is 0 Å². The summed E-state index contributed by atoms with van der Waals surface area (Å²) in [5, 5.41) is 11.4. The SMILES string of the molecule is Cc1ccccc1NC(=O)c1cnn2c1NC1=C(C(=O)CCC1)C2c1cccc(Cl)c1. The molecule has 2 N–H and O–H groups in total. The highest BCUT2D eigenvalue weighted by molar-refractivity contribution is 6.30. The molecule has 1 aliphatic carbocycles. The lowest BCUT2D eigenvalue weighted by molar-refractivity contribution is -0.116. The number of amides is 1. The lowest BCUT2D eigenvalue weighted by Crippen LogP contribution is -2.32. The Morgan fingerprint density at radius 1 is 1.19 bits per heavy atom. The predicted octanol–water partition coefficient (Wildman–Crippen LogP) is 5.12. The molecule has 156 valence electrons. The Hall–Kier alpha value is -3.38. The number of allylic oxidation sites excluding steroid dienone is 2. The van der Waals surface area contributed by atoms with E-state index in [1.54, 1.807) is 16.9 Å². The third-order valence-electron chi connectivity index (χ3n) is 5.84. The number of hydrogen-bond donors (Lipinski definition) is 2. The Kier molecular flexibility index (Phi) is 4.87. The maximum absolute atomic E-state index is 13.1. The molecule has 1 unspecified atom stereocenters. The van der Waals surface area contributed by atoms with E-state index in [0.717, 1.165) is 35.4 Å². The number of benzene rings is 2. The first-order chi connectivity index (χ1) is 15.0. The lowest BCUT2D eigenvalue weighted by Gasteiger charge is -2.33. The van der Waals surface area contributed by atoms with Crippen molar-refractivity contribution in [3.05, 3.63) is 87.7 Å². The summed E-state index contributed by atoms with van der Waals surface area (Å²) in [6, 6.07) is 14.7. The summed E-state index contributed by atoms with van der Waals surface area (Å²) in [4.78, 5) is 26.0. The maximum Gasteiger partial charge on any atom is 0.261 e. The highest BCUT2D eigenvalue weighted by Gasteiger charge is 2.37. The van der Waals surface area contributed by atoms with Crippen LogP contribution in [0.15, 0.2) is 66.0 Å². The summed E-state index contributed by atoms with van der Waals surface area (Å²) in [6.45, 7) is 1.95. The smallest absolute Gasteiger partial charge is 0.261 e. The van der Waals surface area contributed by atoms with E-state index in [9.17, 15) is 9.59 Å². The number of Topliss-reactive ketones (excluding diaryl/α,β-unsaturated/α-hetero) is 1. The molecule has 1 aliphatic heterocycles. The number of nitrogens with one attached hydrogen (secondary N) is 2. The van der Waals surface area contributed by atoms with Crippen molar-refractivity contribution >= 4 is 34.8 Å². The summed E-state index contributed by atoms with van der Waals surface area (Å²) >= 11 is 6.25. The van der Waals surface area contributed by atoms with Crippen molar-refractivity contribution in [2.75, 3.05) is 10.6 Å². The number of anilines is 2. The van der Waals surface area contributed by atoms with E-state index in [-0.39, 0.29) is 11.7 Å². The molecule has 0 saturated heterocycles. The van der Waals surface area contributed by atoms with Gasteiger partial charge in [0.15, 0.2) is 5.78 Å². The van der Waals surface area contributed by atoms with E-state index in [2.05, 4.69) is 15.7 Å². The van der Waals surface area contributed by atoms with E-state index in [4.69, 9.17) is 11.6 Å². The third kappa shape index (κ3) is 3.43. The molecule has 0 fully saturated rings. The van der Waals surface area contributed by atoms with Gasteiger partial charge in [0.2, 0.25) is 0 Å². The van der Waals surface area contributed by atoms with Crippen LogP contribution in [0.5, 0.6) is 0 Å². The molecular weight excluding hydrogens is 412 g/mol. The first-order valence-electron chi connectivity index (χ1n) is 10.3. The van der Waals surface area contributed by atoms with Gasteiger partial charge >= 0.3 is 0 Å². The first-order valence-corrected chi connectivity index (χ1v) is 10.6. The minimum atomic E-state index is -0.419. The summed E-state index contributed by atoms with van der Waals surface area (Å²) in [5.74, 6) is 0.439. The second-order valence-corrected chi connectivity index (χ2v) is 8.31. The maximum atomic E-state index is 13.1. The van der Waals surface area contributed by atoms with Crippen LogP contribution < -0.4 is 10.6 Å². The van der Waals surface area contributed by atoms with Gasteiger partial charge in [0.05, 0.1) is 6.20 Å². The molecule has 6 nitrogen and oxygen atoms in total. The number of nitrogens with zero attached hydrogens (tertiary/aromatic N) is 2. The topological polar surface area (TPSA) is 76.0 Å². The lowest BCUT2D eigenvalue weighted by atomic mass is 9.85. The van der Waals surface area contributed by atoms with Crippen LogP contribution in [0.4, 0.5) is 11.5 Å². The molecular formula is C24H21ClN4O2. The molecule has 0 radical (unpaired) electrons. The number of para-hydroxylation sites is 1. The van der Waals surface area contributed by atoms with Crippen LogP contribution in [-0.2, 0) is 4.79 Å². The van der Waals surface area contributed by atoms with Gasteiger partial charge in [-0.2, -0.15) is 5.10 Å². The van der Waals surface area contributed by atoms with E-state index < -0.39 is 6.04 Å². The van der Waals surface area contributed by atoms with Crippen molar-refractivity contribution in [1.29, 1.82) is 0 Å². The van der Waals surface area contributed by atoms with Crippen LogP contribution in [0.1, 0.15) is 46.8 Å². The molecule has 2 heterocycles. The summed E-state index contributed by atoms with van der Waals surface area (Å²) < 4.78 is 1.72. The monoisotopic (exact) mass is 432 g/mol. The molecule has 1 atom stereocenters. The largest absolute Gasteiger partial charge is 0.343 e. The van der Waals surface area contributed by atoms with Crippen molar-refractivity contribution in [2.45, 2.75) is 32.2 Å². The zero-order chi connectivity index (χ0) is 21.5. The minimum absolute atomic E-state index is 0.103. The van der Waals surface area contributed by atoms with E-state index in [1.165, 1.54) is 0 Å². The quantitative estimate of drug-likeness (QED) is 0.602. The first kappa shape index (κ1) is 19.6. The standard InChI is InChI=1S/C24H21ClN4O2/c1-14-6-2-3-9-18(14)28-24(31)17-13-26-29-22(15-7-4-8-16(25)12-15)21-19(27-23(17)29)10-5-11-20(21)30/h2-4,6-9,12-13,22,27H,5,10-11H2,1H3,(H,28,31). The number of rotatable bonds is 3. The molecule has 1 aromatic heterocycles. The fraction of sp³-hybridized carbons (Fsp3) is 0.208. The van der Waals surface area contributed by atoms with Gasteiger partial charge < -0.3 is 10.6 Å². The van der Waals surface area contributed by atoms with Crippen molar-refractivity contribution in [3.63, 3.8) is 0 Å². The van der Waals surface area contributed by atoms with Crippen LogP contribution in [0.25, 0.3) is 0 Å². The Morgan fingerprint density at radius 3 is 2.84 bits per heavy atom. The second kappa shape index (κ2) is 7.71. The van der Waals surface area contributed by atoms with Crippen LogP contribution in [-0.4, -0.2) is 21.5 Å². The van der Waals surface area contributed by atoms with Crippen molar-refractivity contribution < 1.29 is 9.59 Å². The van der Waals surface area contributed by atoms with Gasteiger partial charge in [-0.25, -0.2) is 4.68 Å². The third-order valence-corrected chi connectivity index (χ3v) is 6.08. The number of hydrogen-bond acceptors (Lipinski definition) is 4. The highest BCUT2D eigenvalue weighted by atomic mass is 35.5. The molecule has 2 aromatic carbocycles. The average Bonchev–Trinajstić information content (AvgIpc) is 3.18. The van der Waals surface area contributed by atoms with Crippen LogP contribution in [0.2, 0.25) is 5.02 Å². The number of aryl methyl sites for hydroxylation is 1. The van der Waals surface area contributed by atoms with Gasteiger partial charge in [-0.15, -0.1) is 0 Å². The zero-order valence-electron chi connectivity index (χ0n) is 17.0. The predicted molar refractivity (Wildman–Crippen MR) is 120 cm³/mol. The molecule has 2 aliphatic rings. The van der Waals surface area contributed by atoms with Gasteiger partial charge in [-0.3, -0.25) is 9.59 Å². The van der Waals surface area contributed by atoms with Gasteiger partial charge in [-0.1, -0.05) is 41.9 Å². The number of carbonyl (C=O) groups excluding carboxylic acids is 2. The van der Waals surface area contributed by atoms with Gasteiger partial charge in [0.25, 0.3) is 5.91 Å². The van der Waals surface area contributed by atoms with Crippen LogP contribution in [0.3, 0.4) is 0 Å². The van der Waals surface area contributed by atoms with Gasteiger partial charge in [-0.05, 0) is 49.1 Å². The molecule has 1 amide bonds. The molecule has 0 bridgehead atoms. The minimum Gasteiger partial charge on any atom is -0.343 e. The van der Waals surface area contributed by atoms with E-state index >= 15 is 0 Å². The number of halogens is 1. The average molecular weight is 433 g/mol. The molecule has 0 spiro atoms. The number of aromatic nitrogens is 2. The number of carbonyl (C=O) groups is 2. The normalized spacial score (nSPS) is 17.6. The number of fused-ring (bicyclic) bond motifs is 1. The second-order valence-electron chi connectivity index (χ2n) is 7.87. The van der Waals surface area contributed by atoms with Gasteiger partial charge in [0.1, 0.15) is 17.4 Å². The number of ketones is 1. The molecule has 3 aromatic rings. The fourth-order valence-corrected chi connectivity index (χ4v) is 4.51. The Bertz CT molecular complexity index is 1240. The van der Waals surface area contributed by atoms with Crippen molar-refractivity contribution in [2.24, 2.45) is 0 Å². The summed E-state index contributed by atoms with van der Waals surface area (Å²) in [5.41, 5.74) is 4.59. The molecule has 5 rings (SSSR count). The van der Waals surface area contributed by atoms with Crippen LogP contribution >= 0.6 is 11.6 Å². The van der Waals surface area contributed by atoms with E-state index in [0.29, 0.717) is 28.4 Å². The molecule has 0 saturated carbocycles. The molecule has 7 heteroatoms. The van der Waals surface area contributed by atoms with Crippen molar-refractivity contribution in [1.82, 2.24) is 9.78 Å². The van der Waals surface area contributed by atoms with Gasteiger partial charge in [0, 0.05) is 28.4 Å². The van der Waals surface area contributed by atoms with Crippen LogP contribution in [0, 0.1) is 6.92 Å².